The summed E-state index contributed by atoms with van der Waals surface area (Å²) < 4.78 is 6.42. The van der Waals surface area contributed by atoms with Crippen molar-refractivity contribution in [1.82, 2.24) is 14.9 Å². The second-order valence-corrected chi connectivity index (χ2v) is 10.0. The van der Waals surface area contributed by atoms with E-state index in [1.165, 1.54) is 41.7 Å². The van der Waals surface area contributed by atoms with Crippen molar-refractivity contribution in [2.24, 2.45) is 0 Å². The lowest BCUT2D eigenvalue weighted by Crippen LogP contribution is -2.45. The molecule has 156 valence electrons. The van der Waals surface area contributed by atoms with Gasteiger partial charge in [-0.15, -0.1) is 11.3 Å². The molecule has 0 aromatic carbocycles. The minimum Gasteiger partial charge on any atom is -0.370 e. The van der Waals surface area contributed by atoms with Crippen molar-refractivity contribution in [2.45, 2.75) is 76.5 Å². The molecule has 4 heterocycles. The third kappa shape index (κ3) is 4.07. The Balaban J connectivity index is 1.19. The Morgan fingerprint density at radius 1 is 1.21 bits per heavy atom. The molecular weight excluding hydrogens is 380 g/mol. The van der Waals surface area contributed by atoms with E-state index in [4.69, 9.17) is 4.74 Å². The average molecular weight is 413 g/mol. The maximum absolute atomic E-state index is 6.42. The van der Waals surface area contributed by atoms with Crippen LogP contribution in [0, 0.1) is 0 Å². The SMILES string of the molecule is CCc1cc2c(s1)CCOC21CCN(Cc2cnc(NC3CCCC3)nc2)CC1. The molecule has 2 aromatic rings. The van der Waals surface area contributed by atoms with Crippen LogP contribution in [0.5, 0.6) is 0 Å². The maximum atomic E-state index is 6.42. The first-order valence-corrected chi connectivity index (χ1v) is 12.1. The fourth-order valence-corrected chi connectivity index (χ4v) is 6.33. The minimum absolute atomic E-state index is 0.0421. The molecule has 3 aliphatic rings. The molecule has 1 aliphatic carbocycles. The lowest BCUT2D eigenvalue weighted by Gasteiger charge is -2.44. The quantitative estimate of drug-likeness (QED) is 0.782. The average Bonchev–Trinajstić information content (AvgIpc) is 3.41. The number of aromatic nitrogens is 2. The monoisotopic (exact) mass is 412 g/mol. The van der Waals surface area contributed by atoms with Crippen molar-refractivity contribution >= 4 is 17.3 Å². The number of thiophene rings is 1. The van der Waals surface area contributed by atoms with Crippen LogP contribution >= 0.6 is 11.3 Å². The van der Waals surface area contributed by atoms with Crippen LogP contribution in [-0.2, 0) is 29.7 Å². The first-order valence-electron chi connectivity index (χ1n) is 11.3. The largest absolute Gasteiger partial charge is 0.370 e. The van der Waals surface area contributed by atoms with Crippen LogP contribution in [0.3, 0.4) is 0 Å². The molecule has 29 heavy (non-hydrogen) atoms. The molecule has 2 aromatic heterocycles. The summed E-state index contributed by atoms with van der Waals surface area (Å²) in [5, 5.41) is 3.48. The highest BCUT2D eigenvalue weighted by atomic mass is 32.1. The van der Waals surface area contributed by atoms with E-state index in [2.05, 4.69) is 33.2 Å². The molecule has 0 atom stereocenters. The number of rotatable bonds is 5. The Kier molecular flexibility index (Phi) is 5.59. The number of nitrogens with one attached hydrogen (secondary N) is 1. The molecule has 5 nitrogen and oxygen atoms in total. The van der Waals surface area contributed by atoms with Gasteiger partial charge in [-0.2, -0.15) is 0 Å². The number of anilines is 1. The van der Waals surface area contributed by atoms with Crippen LogP contribution in [0.1, 0.15) is 66.3 Å². The highest BCUT2D eigenvalue weighted by molar-refractivity contribution is 7.12. The minimum atomic E-state index is -0.0421. The van der Waals surface area contributed by atoms with Gasteiger partial charge < -0.3 is 10.1 Å². The van der Waals surface area contributed by atoms with Gasteiger partial charge in [-0.05, 0) is 43.7 Å². The zero-order chi connectivity index (χ0) is 19.7. The first kappa shape index (κ1) is 19.5. The molecule has 0 bridgehead atoms. The Morgan fingerprint density at radius 2 is 1.97 bits per heavy atom. The Morgan fingerprint density at radius 3 is 2.69 bits per heavy atom. The summed E-state index contributed by atoms with van der Waals surface area (Å²) in [6.45, 7) is 6.19. The van der Waals surface area contributed by atoms with Crippen molar-refractivity contribution in [1.29, 1.82) is 0 Å². The number of piperidine rings is 1. The van der Waals surface area contributed by atoms with Gasteiger partial charge in [-0.1, -0.05) is 19.8 Å². The highest BCUT2D eigenvalue weighted by Crippen LogP contribution is 2.44. The molecule has 0 radical (unpaired) electrons. The van der Waals surface area contributed by atoms with Crippen molar-refractivity contribution in [3.05, 3.63) is 39.3 Å². The lowest BCUT2D eigenvalue weighted by atomic mass is 9.82. The smallest absolute Gasteiger partial charge is 0.222 e. The van der Waals surface area contributed by atoms with E-state index < -0.39 is 0 Å². The number of likely N-dealkylation sites (tertiary alicyclic amines) is 1. The van der Waals surface area contributed by atoms with Gasteiger partial charge in [0, 0.05) is 59.8 Å². The van der Waals surface area contributed by atoms with Gasteiger partial charge in [-0.25, -0.2) is 9.97 Å². The molecule has 5 rings (SSSR count). The van der Waals surface area contributed by atoms with Gasteiger partial charge in [0.1, 0.15) is 0 Å². The second-order valence-electron chi connectivity index (χ2n) is 8.81. The van der Waals surface area contributed by atoms with Gasteiger partial charge in [0.15, 0.2) is 0 Å². The maximum Gasteiger partial charge on any atom is 0.222 e. The molecule has 2 fully saturated rings. The van der Waals surface area contributed by atoms with E-state index >= 15 is 0 Å². The number of fused-ring (bicyclic) bond motifs is 2. The van der Waals surface area contributed by atoms with Gasteiger partial charge in [0.05, 0.1) is 12.2 Å². The van der Waals surface area contributed by atoms with E-state index in [-0.39, 0.29) is 5.60 Å². The van der Waals surface area contributed by atoms with Gasteiger partial charge in [0.2, 0.25) is 5.95 Å². The fraction of sp³-hybridized carbons (Fsp3) is 0.652. The number of ether oxygens (including phenoxy) is 1. The number of aryl methyl sites for hydroxylation is 1. The van der Waals surface area contributed by atoms with Crippen LogP contribution in [0.25, 0.3) is 0 Å². The van der Waals surface area contributed by atoms with E-state index in [1.54, 1.807) is 4.88 Å². The van der Waals surface area contributed by atoms with Crippen LogP contribution in [0.15, 0.2) is 18.5 Å². The van der Waals surface area contributed by atoms with Crippen molar-refractivity contribution in [2.75, 3.05) is 25.0 Å². The fourth-order valence-electron chi connectivity index (χ4n) is 5.15. The van der Waals surface area contributed by atoms with Crippen LogP contribution in [0.4, 0.5) is 5.95 Å². The summed E-state index contributed by atoms with van der Waals surface area (Å²) >= 11 is 2.00. The standard InChI is InChI=1S/C23H32N4OS/c1-2-19-13-20-21(29-19)7-12-28-23(20)8-10-27(11-9-23)16-17-14-24-22(25-15-17)26-18-5-3-4-6-18/h13-15,18H,2-12,16H2,1H3,(H,24,25,26). The number of hydrogen-bond acceptors (Lipinski definition) is 6. The Labute approximate surface area is 177 Å². The molecule has 1 saturated heterocycles. The summed E-state index contributed by atoms with van der Waals surface area (Å²) in [5.41, 5.74) is 2.66. The molecule has 0 unspecified atom stereocenters. The van der Waals surface area contributed by atoms with E-state index in [1.807, 2.05) is 23.7 Å². The Bertz CT molecular complexity index is 820. The number of nitrogens with zero attached hydrogens (tertiary/aromatic N) is 3. The normalized spacial score (nSPS) is 22.1. The molecule has 1 spiro atoms. The summed E-state index contributed by atoms with van der Waals surface area (Å²) in [5.74, 6) is 0.783. The molecule has 1 saturated carbocycles. The molecule has 2 aliphatic heterocycles. The van der Waals surface area contributed by atoms with E-state index in [0.717, 1.165) is 57.9 Å². The highest BCUT2D eigenvalue weighted by Gasteiger charge is 2.41. The molecular formula is C23H32N4OS. The molecule has 6 heteroatoms. The van der Waals surface area contributed by atoms with Crippen molar-refractivity contribution in [3.63, 3.8) is 0 Å². The van der Waals surface area contributed by atoms with Crippen molar-refractivity contribution in [3.8, 4) is 0 Å². The predicted molar refractivity (Wildman–Crippen MR) is 117 cm³/mol. The zero-order valence-corrected chi connectivity index (χ0v) is 18.3. The topological polar surface area (TPSA) is 50.3 Å². The van der Waals surface area contributed by atoms with Crippen molar-refractivity contribution < 1.29 is 4.74 Å². The van der Waals surface area contributed by atoms with Crippen LogP contribution in [-0.4, -0.2) is 40.6 Å². The zero-order valence-electron chi connectivity index (χ0n) is 17.5. The molecule has 0 amide bonds. The third-order valence-electron chi connectivity index (χ3n) is 6.87. The Hall–Kier alpha value is -1.50. The summed E-state index contributed by atoms with van der Waals surface area (Å²) in [6, 6.07) is 2.99. The summed E-state index contributed by atoms with van der Waals surface area (Å²) in [7, 11) is 0. The van der Waals surface area contributed by atoms with E-state index in [0.29, 0.717) is 6.04 Å². The lowest BCUT2D eigenvalue weighted by molar-refractivity contribution is -0.0981. The van der Waals surface area contributed by atoms with Gasteiger partial charge in [-0.3, -0.25) is 4.90 Å². The van der Waals surface area contributed by atoms with Gasteiger partial charge in [0.25, 0.3) is 0 Å². The number of hydrogen-bond donors (Lipinski definition) is 1. The summed E-state index contributed by atoms with van der Waals surface area (Å²) in [4.78, 5) is 14.7. The third-order valence-corrected chi connectivity index (χ3v) is 8.21. The first-order chi connectivity index (χ1) is 14.2. The van der Waals surface area contributed by atoms with Gasteiger partial charge >= 0.3 is 0 Å². The van der Waals surface area contributed by atoms with Crippen LogP contribution in [0.2, 0.25) is 0 Å². The van der Waals surface area contributed by atoms with Crippen LogP contribution < -0.4 is 5.32 Å². The molecule has 1 N–H and O–H groups in total. The van der Waals surface area contributed by atoms with E-state index in [9.17, 15) is 0 Å². The summed E-state index contributed by atoms with van der Waals surface area (Å²) in [6.07, 6.45) is 13.5. The second kappa shape index (κ2) is 8.32. The predicted octanol–water partition coefficient (Wildman–Crippen LogP) is 4.52.